The normalized spacial score (nSPS) is 16.5. The third-order valence-electron chi connectivity index (χ3n) is 4.62. The number of carbonyl (C=O) groups is 1. The first-order chi connectivity index (χ1) is 10.7. The number of thiophene rings is 1. The molecule has 1 amide bonds. The number of nitrogens with zero attached hydrogens (tertiary/aromatic N) is 1. The molecule has 0 unspecified atom stereocenters. The summed E-state index contributed by atoms with van der Waals surface area (Å²) in [7, 11) is 0. The van der Waals surface area contributed by atoms with E-state index in [1.165, 1.54) is 30.6 Å². The van der Waals surface area contributed by atoms with E-state index in [0.29, 0.717) is 6.04 Å². The number of amides is 1. The van der Waals surface area contributed by atoms with Crippen molar-refractivity contribution in [3.63, 3.8) is 0 Å². The van der Waals surface area contributed by atoms with Crippen LogP contribution in [-0.2, 0) is 0 Å². The maximum atomic E-state index is 12.9. The molecule has 0 aromatic carbocycles. The van der Waals surface area contributed by atoms with E-state index in [-0.39, 0.29) is 5.91 Å². The highest BCUT2D eigenvalue weighted by molar-refractivity contribution is 7.15. The van der Waals surface area contributed by atoms with E-state index in [4.69, 9.17) is 0 Å². The molecule has 4 heteroatoms. The Bertz CT molecular complexity index is 634. The summed E-state index contributed by atoms with van der Waals surface area (Å²) < 4.78 is 2.05. The summed E-state index contributed by atoms with van der Waals surface area (Å²) >= 11 is 1.70. The second-order valence-electron chi connectivity index (χ2n) is 6.22. The van der Waals surface area contributed by atoms with Crippen LogP contribution in [0.1, 0.15) is 59.3 Å². The largest absolute Gasteiger partial charge is 0.349 e. The lowest BCUT2D eigenvalue weighted by molar-refractivity contribution is 0.0933. The molecule has 118 valence electrons. The van der Waals surface area contributed by atoms with Crippen LogP contribution in [0.2, 0.25) is 0 Å². The molecule has 2 aromatic heterocycles. The van der Waals surface area contributed by atoms with Gasteiger partial charge in [-0.25, -0.2) is 0 Å². The van der Waals surface area contributed by atoms with Crippen LogP contribution in [0.4, 0.5) is 0 Å². The third-order valence-corrected chi connectivity index (χ3v) is 5.84. The first-order valence-electron chi connectivity index (χ1n) is 8.21. The average molecular weight is 316 g/mol. The van der Waals surface area contributed by atoms with Gasteiger partial charge in [0.1, 0.15) is 5.00 Å². The SMILES string of the molecule is Cc1sc(-n2cccc2)c(C(=O)NC2CCCCCC2)c1C. The standard InChI is InChI=1S/C18H24N2OS/c1-13-14(2)22-18(20-11-7-8-12-20)16(13)17(21)19-15-9-5-3-4-6-10-15/h7-8,11-12,15H,3-6,9-10H2,1-2H3,(H,19,21). The van der Waals surface area contributed by atoms with Crippen molar-refractivity contribution in [1.82, 2.24) is 9.88 Å². The minimum atomic E-state index is 0.0949. The van der Waals surface area contributed by atoms with E-state index in [1.54, 1.807) is 11.3 Å². The summed E-state index contributed by atoms with van der Waals surface area (Å²) in [6.07, 6.45) is 11.3. The van der Waals surface area contributed by atoms with Crippen LogP contribution in [0.25, 0.3) is 5.00 Å². The number of carbonyl (C=O) groups excluding carboxylic acids is 1. The van der Waals surface area contributed by atoms with Crippen molar-refractivity contribution < 1.29 is 4.79 Å². The summed E-state index contributed by atoms with van der Waals surface area (Å²) in [5.74, 6) is 0.0949. The molecule has 2 heterocycles. The zero-order chi connectivity index (χ0) is 15.5. The fraction of sp³-hybridized carbons (Fsp3) is 0.500. The van der Waals surface area contributed by atoms with Crippen molar-refractivity contribution in [3.8, 4) is 5.00 Å². The van der Waals surface area contributed by atoms with Gasteiger partial charge in [-0.1, -0.05) is 25.7 Å². The van der Waals surface area contributed by atoms with Gasteiger partial charge in [0.25, 0.3) is 5.91 Å². The van der Waals surface area contributed by atoms with E-state index < -0.39 is 0 Å². The Labute approximate surface area is 136 Å². The molecular weight excluding hydrogens is 292 g/mol. The van der Waals surface area contributed by atoms with Crippen LogP contribution in [0, 0.1) is 13.8 Å². The van der Waals surface area contributed by atoms with Crippen LogP contribution in [-0.4, -0.2) is 16.5 Å². The quantitative estimate of drug-likeness (QED) is 0.824. The molecule has 0 radical (unpaired) electrons. The number of nitrogens with one attached hydrogen (secondary N) is 1. The topological polar surface area (TPSA) is 34.0 Å². The minimum Gasteiger partial charge on any atom is -0.349 e. The molecular formula is C18H24N2OS. The molecule has 1 aliphatic carbocycles. The van der Waals surface area contributed by atoms with E-state index in [0.717, 1.165) is 29.0 Å². The Hall–Kier alpha value is -1.55. The molecule has 2 aromatic rings. The van der Waals surface area contributed by atoms with Gasteiger partial charge < -0.3 is 9.88 Å². The summed E-state index contributed by atoms with van der Waals surface area (Å²) in [6, 6.07) is 4.33. The van der Waals surface area contributed by atoms with Crippen molar-refractivity contribution in [2.24, 2.45) is 0 Å². The Morgan fingerprint density at radius 1 is 1.14 bits per heavy atom. The van der Waals surface area contributed by atoms with E-state index >= 15 is 0 Å². The number of hydrogen-bond acceptors (Lipinski definition) is 2. The summed E-state index contributed by atoms with van der Waals surface area (Å²) in [5.41, 5.74) is 1.96. The molecule has 0 aliphatic heterocycles. The number of aryl methyl sites for hydroxylation is 1. The van der Waals surface area contributed by atoms with Crippen LogP contribution >= 0.6 is 11.3 Å². The predicted octanol–water partition coefficient (Wildman–Crippen LogP) is 4.61. The lowest BCUT2D eigenvalue weighted by Gasteiger charge is -2.17. The fourth-order valence-corrected chi connectivity index (χ4v) is 4.33. The number of hydrogen-bond donors (Lipinski definition) is 1. The molecule has 22 heavy (non-hydrogen) atoms. The van der Waals surface area contributed by atoms with Crippen LogP contribution < -0.4 is 5.32 Å². The van der Waals surface area contributed by atoms with Gasteiger partial charge in [-0.3, -0.25) is 4.79 Å². The maximum Gasteiger partial charge on any atom is 0.254 e. The molecule has 0 spiro atoms. The summed E-state index contributed by atoms with van der Waals surface area (Å²) in [5, 5.41) is 4.32. The van der Waals surface area contributed by atoms with Crippen molar-refractivity contribution in [2.45, 2.75) is 58.4 Å². The molecule has 1 fully saturated rings. The van der Waals surface area contributed by atoms with Gasteiger partial charge >= 0.3 is 0 Å². The van der Waals surface area contributed by atoms with E-state index in [9.17, 15) is 4.79 Å². The molecule has 1 N–H and O–H groups in total. The molecule has 0 saturated heterocycles. The van der Waals surface area contributed by atoms with Crippen LogP contribution in [0.3, 0.4) is 0 Å². The second kappa shape index (κ2) is 6.69. The zero-order valence-electron chi connectivity index (χ0n) is 13.4. The van der Waals surface area contributed by atoms with Gasteiger partial charge in [-0.2, -0.15) is 0 Å². The smallest absolute Gasteiger partial charge is 0.254 e. The zero-order valence-corrected chi connectivity index (χ0v) is 14.2. The Kier molecular flexibility index (Phi) is 4.67. The Balaban J connectivity index is 1.85. The van der Waals surface area contributed by atoms with Crippen LogP contribution in [0.15, 0.2) is 24.5 Å². The highest BCUT2D eigenvalue weighted by Crippen LogP contribution is 2.31. The van der Waals surface area contributed by atoms with Gasteiger partial charge in [0.15, 0.2) is 0 Å². The molecule has 3 rings (SSSR count). The first-order valence-corrected chi connectivity index (χ1v) is 9.02. The minimum absolute atomic E-state index is 0.0949. The third kappa shape index (κ3) is 3.12. The number of rotatable bonds is 3. The molecule has 0 bridgehead atoms. The highest BCUT2D eigenvalue weighted by atomic mass is 32.1. The lowest BCUT2D eigenvalue weighted by atomic mass is 10.1. The lowest BCUT2D eigenvalue weighted by Crippen LogP contribution is -2.35. The Morgan fingerprint density at radius 3 is 2.41 bits per heavy atom. The van der Waals surface area contributed by atoms with E-state index in [1.807, 2.05) is 29.1 Å². The van der Waals surface area contributed by atoms with Crippen molar-refractivity contribution in [3.05, 3.63) is 40.5 Å². The molecule has 1 aliphatic rings. The summed E-state index contributed by atoms with van der Waals surface area (Å²) in [4.78, 5) is 14.1. The van der Waals surface area contributed by atoms with Crippen molar-refractivity contribution >= 4 is 17.2 Å². The molecule has 0 atom stereocenters. The van der Waals surface area contributed by atoms with Gasteiger partial charge in [0, 0.05) is 23.3 Å². The van der Waals surface area contributed by atoms with Crippen molar-refractivity contribution in [2.75, 3.05) is 0 Å². The average Bonchev–Trinajstić information content (AvgIpc) is 3.03. The van der Waals surface area contributed by atoms with Crippen LogP contribution in [0.5, 0.6) is 0 Å². The maximum absolute atomic E-state index is 12.9. The molecule has 1 saturated carbocycles. The van der Waals surface area contributed by atoms with E-state index in [2.05, 4.69) is 19.2 Å². The van der Waals surface area contributed by atoms with Gasteiger partial charge in [0.2, 0.25) is 0 Å². The van der Waals surface area contributed by atoms with Crippen molar-refractivity contribution in [1.29, 1.82) is 0 Å². The van der Waals surface area contributed by atoms with Gasteiger partial charge in [-0.15, -0.1) is 11.3 Å². The Morgan fingerprint density at radius 2 is 1.77 bits per heavy atom. The van der Waals surface area contributed by atoms with Gasteiger partial charge in [-0.05, 0) is 44.4 Å². The van der Waals surface area contributed by atoms with Gasteiger partial charge in [0.05, 0.1) is 5.56 Å². The first kappa shape index (κ1) is 15.3. The second-order valence-corrected chi connectivity index (χ2v) is 7.42. The molecule has 3 nitrogen and oxygen atoms in total. The predicted molar refractivity (Wildman–Crippen MR) is 92.1 cm³/mol. The highest BCUT2D eigenvalue weighted by Gasteiger charge is 2.23. The number of aromatic nitrogens is 1. The fourth-order valence-electron chi connectivity index (χ4n) is 3.21. The monoisotopic (exact) mass is 316 g/mol. The summed E-state index contributed by atoms with van der Waals surface area (Å²) in [6.45, 7) is 4.15.